The molecule has 0 unspecified atom stereocenters. The summed E-state index contributed by atoms with van der Waals surface area (Å²) in [6.45, 7) is 1.44. The second kappa shape index (κ2) is 5.21. The Morgan fingerprint density at radius 3 is 2.50 bits per heavy atom. The summed E-state index contributed by atoms with van der Waals surface area (Å²) in [5.41, 5.74) is 1.85. The summed E-state index contributed by atoms with van der Waals surface area (Å²) in [6, 6.07) is 7.45. The number of carbonyl (C=O) groups excluding carboxylic acids is 1. The average Bonchev–Trinajstić information content (AvgIpc) is 2.16. The van der Waals surface area contributed by atoms with Crippen LogP contribution < -0.4 is 0 Å². The van der Waals surface area contributed by atoms with Gasteiger partial charge in [-0.05, 0) is 24.6 Å². The molecule has 1 aromatic carbocycles. The molecule has 0 aliphatic rings. The molecule has 0 atom stereocenters. The number of aliphatic hydroxyl groups excluding tert-OH is 1. The van der Waals surface area contributed by atoms with E-state index in [0.717, 1.165) is 11.1 Å². The Morgan fingerprint density at radius 1 is 1.36 bits per heavy atom. The number of hydrogen-bond donors (Lipinski definition) is 1. The van der Waals surface area contributed by atoms with Crippen molar-refractivity contribution in [2.45, 2.75) is 13.3 Å². The van der Waals surface area contributed by atoms with E-state index in [1.165, 1.54) is 0 Å². The largest absolute Gasteiger partial charge is 0.384 e. The smallest absolute Gasteiger partial charge is 0.134 e. The molecule has 2 nitrogen and oxygen atoms in total. The molecule has 0 spiro atoms. The molecule has 0 aliphatic carbocycles. The van der Waals surface area contributed by atoms with E-state index in [4.69, 9.17) is 5.11 Å². The minimum absolute atomic E-state index is 0.130. The Morgan fingerprint density at radius 2 is 2.00 bits per heavy atom. The van der Waals surface area contributed by atoms with Crippen LogP contribution in [0.3, 0.4) is 0 Å². The second-order valence-corrected chi connectivity index (χ2v) is 3.04. The molecule has 2 heteroatoms. The van der Waals surface area contributed by atoms with Gasteiger partial charge >= 0.3 is 0 Å². The van der Waals surface area contributed by atoms with Crippen LogP contribution >= 0.6 is 0 Å². The number of rotatable bonds is 2. The molecule has 1 aromatic rings. The van der Waals surface area contributed by atoms with Gasteiger partial charge in [0.05, 0.1) is 0 Å². The van der Waals surface area contributed by atoms with Crippen LogP contribution in [0.25, 0.3) is 0 Å². The van der Waals surface area contributed by atoms with E-state index in [9.17, 15) is 4.79 Å². The van der Waals surface area contributed by atoms with Gasteiger partial charge in [-0.25, -0.2) is 0 Å². The maximum absolute atomic E-state index is 10.8. The summed E-state index contributed by atoms with van der Waals surface area (Å²) in [5.74, 6) is 5.51. The standard InChI is InChI=1S/C12H12O2/c1-10(14)9-12-6-4-11(5-7-12)3-2-8-13/h4-7,13H,8-9H2,1H3. The van der Waals surface area contributed by atoms with Gasteiger partial charge in [-0.15, -0.1) is 0 Å². The van der Waals surface area contributed by atoms with Crippen LogP contribution in [-0.4, -0.2) is 17.5 Å². The molecular weight excluding hydrogens is 176 g/mol. The lowest BCUT2D eigenvalue weighted by atomic mass is 10.1. The first kappa shape index (κ1) is 10.5. The molecule has 0 aromatic heterocycles. The van der Waals surface area contributed by atoms with Crippen molar-refractivity contribution >= 4 is 5.78 Å². The highest BCUT2D eigenvalue weighted by molar-refractivity contribution is 5.78. The van der Waals surface area contributed by atoms with E-state index in [2.05, 4.69) is 11.8 Å². The number of ketones is 1. The van der Waals surface area contributed by atoms with E-state index >= 15 is 0 Å². The number of benzene rings is 1. The van der Waals surface area contributed by atoms with Crippen molar-refractivity contribution < 1.29 is 9.90 Å². The summed E-state index contributed by atoms with van der Waals surface area (Å²) in [4.78, 5) is 10.8. The third-order valence-electron chi connectivity index (χ3n) is 1.72. The van der Waals surface area contributed by atoms with Crippen molar-refractivity contribution in [1.82, 2.24) is 0 Å². The summed E-state index contributed by atoms with van der Waals surface area (Å²) in [7, 11) is 0. The molecule has 0 saturated carbocycles. The predicted molar refractivity (Wildman–Crippen MR) is 54.8 cm³/mol. The van der Waals surface area contributed by atoms with Gasteiger partial charge < -0.3 is 5.11 Å². The van der Waals surface area contributed by atoms with Crippen LogP contribution in [0.1, 0.15) is 18.1 Å². The lowest BCUT2D eigenvalue weighted by molar-refractivity contribution is -0.116. The molecule has 72 valence electrons. The summed E-state index contributed by atoms with van der Waals surface area (Å²) in [5, 5.41) is 8.48. The molecule has 0 amide bonds. The summed E-state index contributed by atoms with van der Waals surface area (Å²) >= 11 is 0. The monoisotopic (exact) mass is 188 g/mol. The minimum atomic E-state index is -0.130. The minimum Gasteiger partial charge on any atom is -0.384 e. The van der Waals surface area contributed by atoms with Gasteiger partial charge in [0.15, 0.2) is 0 Å². The predicted octanol–water partition coefficient (Wildman–Crippen LogP) is 1.16. The summed E-state index contributed by atoms with van der Waals surface area (Å²) in [6.07, 6.45) is 0.466. The van der Waals surface area contributed by atoms with E-state index in [0.29, 0.717) is 6.42 Å². The van der Waals surface area contributed by atoms with Crippen LogP contribution in [0.15, 0.2) is 24.3 Å². The molecule has 0 aliphatic heterocycles. The van der Waals surface area contributed by atoms with Crippen molar-refractivity contribution in [3.05, 3.63) is 35.4 Å². The normalized spacial score (nSPS) is 9.00. The highest BCUT2D eigenvalue weighted by Gasteiger charge is 1.96. The van der Waals surface area contributed by atoms with Crippen molar-refractivity contribution in [1.29, 1.82) is 0 Å². The topological polar surface area (TPSA) is 37.3 Å². The van der Waals surface area contributed by atoms with E-state index in [-0.39, 0.29) is 12.4 Å². The molecule has 14 heavy (non-hydrogen) atoms. The van der Waals surface area contributed by atoms with Gasteiger partial charge in [0.25, 0.3) is 0 Å². The molecule has 1 rings (SSSR count). The zero-order chi connectivity index (χ0) is 10.4. The van der Waals surface area contributed by atoms with Crippen molar-refractivity contribution in [3.63, 3.8) is 0 Å². The van der Waals surface area contributed by atoms with Crippen LogP contribution in [0, 0.1) is 11.8 Å². The van der Waals surface area contributed by atoms with Crippen LogP contribution in [0.5, 0.6) is 0 Å². The van der Waals surface area contributed by atoms with Crippen molar-refractivity contribution in [2.75, 3.05) is 6.61 Å². The molecule has 1 N–H and O–H groups in total. The maximum atomic E-state index is 10.8. The first-order valence-corrected chi connectivity index (χ1v) is 4.40. The fourth-order valence-corrected chi connectivity index (χ4v) is 1.13. The van der Waals surface area contributed by atoms with Crippen LogP contribution in [0.2, 0.25) is 0 Å². The van der Waals surface area contributed by atoms with Gasteiger partial charge in [-0.2, -0.15) is 0 Å². The van der Waals surface area contributed by atoms with Gasteiger partial charge in [0, 0.05) is 12.0 Å². The molecule has 0 saturated heterocycles. The summed E-state index contributed by atoms with van der Waals surface area (Å²) < 4.78 is 0. The van der Waals surface area contributed by atoms with Gasteiger partial charge in [-0.3, -0.25) is 4.79 Å². The average molecular weight is 188 g/mol. The lowest BCUT2D eigenvalue weighted by Crippen LogP contribution is -1.95. The van der Waals surface area contributed by atoms with E-state index in [1.807, 2.05) is 24.3 Å². The second-order valence-electron chi connectivity index (χ2n) is 3.04. The van der Waals surface area contributed by atoms with Crippen LogP contribution in [-0.2, 0) is 11.2 Å². The molecular formula is C12H12O2. The Labute approximate surface area is 83.6 Å². The highest BCUT2D eigenvalue weighted by Crippen LogP contribution is 2.04. The molecule has 0 bridgehead atoms. The number of hydrogen-bond acceptors (Lipinski definition) is 2. The Balaban J connectivity index is 2.73. The van der Waals surface area contributed by atoms with Gasteiger partial charge in [-0.1, -0.05) is 24.0 Å². The Hall–Kier alpha value is -1.59. The third-order valence-corrected chi connectivity index (χ3v) is 1.72. The maximum Gasteiger partial charge on any atom is 0.134 e. The van der Waals surface area contributed by atoms with E-state index < -0.39 is 0 Å². The number of aliphatic hydroxyl groups is 1. The Bertz CT molecular complexity index is 366. The van der Waals surface area contributed by atoms with E-state index in [1.54, 1.807) is 6.92 Å². The van der Waals surface area contributed by atoms with Gasteiger partial charge in [0.2, 0.25) is 0 Å². The highest BCUT2D eigenvalue weighted by atomic mass is 16.2. The molecule has 0 radical (unpaired) electrons. The first-order valence-electron chi connectivity index (χ1n) is 4.40. The van der Waals surface area contributed by atoms with Gasteiger partial charge in [0.1, 0.15) is 12.4 Å². The van der Waals surface area contributed by atoms with Crippen molar-refractivity contribution in [2.24, 2.45) is 0 Å². The zero-order valence-corrected chi connectivity index (χ0v) is 8.08. The number of carbonyl (C=O) groups is 1. The SMILES string of the molecule is CC(=O)Cc1ccc(C#CCO)cc1. The molecule has 0 heterocycles. The quantitative estimate of drug-likeness (QED) is 0.707. The Kier molecular flexibility index (Phi) is 3.90. The fourth-order valence-electron chi connectivity index (χ4n) is 1.13. The lowest BCUT2D eigenvalue weighted by Gasteiger charge is -1.96. The van der Waals surface area contributed by atoms with Crippen LogP contribution in [0.4, 0.5) is 0 Å². The fraction of sp³-hybridized carbons (Fsp3) is 0.250. The van der Waals surface area contributed by atoms with Crippen molar-refractivity contribution in [3.8, 4) is 11.8 Å². The first-order chi connectivity index (χ1) is 6.72. The zero-order valence-electron chi connectivity index (χ0n) is 8.08. The number of Topliss-reactive ketones (excluding diaryl/α,β-unsaturated/α-hetero) is 1. The third kappa shape index (κ3) is 3.42. The molecule has 0 fully saturated rings.